The second-order valence-corrected chi connectivity index (χ2v) is 5.89. The van der Waals surface area contributed by atoms with Crippen molar-refractivity contribution in [3.05, 3.63) is 59.5 Å². The van der Waals surface area contributed by atoms with Crippen LogP contribution in [0, 0.1) is 0 Å². The van der Waals surface area contributed by atoms with Gasteiger partial charge in [0.15, 0.2) is 18.5 Å². The molecule has 0 aromatic carbocycles. The van der Waals surface area contributed by atoms with Gasteiger partial charge in [-0.15, -0.1) is 0 Å². The highest BCUT2D eigenvalue weighted by Gasteiger charge is 2.33. The van der Waals surface area contributed by atoms with Crippen LogP contribution in [0.2, 0.25) is 0 Å². The quantitative estimate of drug-likeness (QED) is 0.509. The normalized spacial score (nSPS) is 10.7. The van der Waals surface area contributed by atoms with Crippen LogP contribution in [0.1, 0.15) is 6.42 Å². The van der Waals surface area contributed by atoms with Crippen LogP contribution in [0.5, 0.6) is 0 Å². The fourth-order valence-electron chi connectivity index (χ4n) is 2.07. The lowest BCUT2D eigenvalue weighted by Gasteiger charge is -2.06. The van der Waals surface area contributed by atoms with Gasteiger partial charge >= 0.3 is 12.1 Å². The Morgan fingerprint density at radius 3 is 2.43 bits per heavy atom. The molecule has 0 saturated heterocycles. The van der Waals surface area contributed by atoms with Crippen molar-refractivity contribution in [1.82, 2.24) is 9.67 Å². The molecule has 0 bridgehead atoms. The molecule has 2 rings (SSSR count). The maximum absolute atomic E-state index is 12.0. The predicted molar refractivity (Wildman–Crippen MR) is 100 cm³/mol. The van der Waals surface area contributed by atoms with E-state index in [-0.39, 0.29) is 12.0 Å². The third-order valence-corrected chi connectivity index (χ3v) is 3.75. The van der Waals surface area contributed by atoms with Crippen LogP contribution in [0.3, 0.4) is 0 Å². The van der Waals surface area contributed by atoms with E-state index >= 15 is 0 Å². The van der Waals surface area contributed by atoms with Crippen molar-refractivity contribution in [3.63, 3.8) is 0 Å². The lowest BCUT2D eigenvalue weighted by atomic mass is 10.1. The Morgan fingerprint density at radius 1 is 1.30 bits per heavy atom. The molecule has 2 heterocycles. The number of ether oxygens (including phenoxy) is 2. The standard InChI is InChI=1S/C15H17N3O4.C4H5F3O/c1-22-9-8-17-5-2-12(10-14(17)19)13-3-6-18(16-11-13)7-4-15(20)21;1-3(8-2)4(5,6)7/h2-3,5-6,10-11H,4,7-9H2,1H3;1H2,2H3/p+1. The van der Waals surface area contributed by atoms with Gasteiger partial charge in [-0.3, -0.25) is 9.59 Å². The molecule has 0 aliphatic carbocycles. The molecule has 164 valence electrons. The lowest BCUT2D eigenvalue weighted by Crippen LogP contribution is -2.38. The molecule has 2 aromatic rings. The Balaban J connectivity index is 0.000000479. The van der Waals surface area contributed by atoms with Gasteiger partial charge in [0, 0.05) is 37.5 Å². The summed E-state index contributed by atoms with van der Waals surface area (Å²) in [5.74, 6) is -2.03. The molecule has 30 heavy (non-hydrogen) atoms. The van der Waals surface area contributed by atoms with Gasteiger partial charge in [0.25, 0.3) is 5.56 Å². The van der Waals surface area contributed by atoms with E-state index in [0.717, 1.165) is 18.2 Å². The van der Waals surface area contributed by atoms with Crippen molar-refractivity contribution in [3.8, 4) is 11.1 Å². The Hall–Kier alpha value is -3.21. The summed E-state index contributed by atoms with van der Waals surface area (Å²) in [6.07, 6.45) is 0.661. The average Bonchev–Trinajstić information content (AvgIpc) is 2.71. The first kappa shape index (κ1) is 24.8. The van der Waals surface area contributed by atoms with Gasteiger partial charge in [0.2, 0.25) is 0 Å². The van der Waals surface area contributed by atoms with Gasteiger partial charge in [0.05, 0.1) is 13.7 Å². The molecule has 11 heteroatoms. The molecule has 0 aliphatic rings. The molecule has 0 atom stereocenters. The Kier molecular flexibility index (Phi) is 9.69. The Morgan fingerprint density at radius 2 is 2.00 bits per heavy atom. The number of aromatic nitrogens is 3. The first-order valence-corrected chi connectivity index (χ1v) is 8.66. The number of allylic oxidation sites excluding steroid dienone is 1. The second kappa shape index (κ2) is 11.7. The van der Waals surface area contributed by atoms with Crippen LogP contribution < -0.4 is 10.2 Å². The fraction of sp³-hybridized carbons (Fsp3) is 0.368. The highest BCUT2D eigenvalue weighted by atomic mass is 19.4. The zero-order chi connectivity index (χ0) is 22.7. The summed E-state index contributed by atoms with van der Waals surface area (Å²) in [4.78, 5) is 22.5. The summed E-state index contributed by atoms with van der Waals surface area (Å²) >= 11 is 0. The maximum Gasteiger partial charge on any atom is 0.448 e. The monoisotopic (exact) mass is 430 g/mol. The van der Waals surface area contributed by atoms with Gasteiger partial charge in [-0.2, -0.15) is 13.2 Å². The first-order chi connectivity index (χ1) is 14.1. The largest absolute Gasteiger partial charge is 0.493 e. The number of methoxy groups -OCH3 is 2. The number of aryl methyl sites for hydroxylation is 1. The molecule has 0 saturated carbocycles. The summed E-state index contributed by atoms with van der Waals surface area (Å²) in [7, 11) is 2.52. The van der Waals surface area contributed by atoms with Crippen LogP contribution in [0.25, 0.3) is 11.1 Å². The SMILES string of the molecule is C=C(OC)C(F)(F)F.COCCn1ccc(-c2cc[n+](CCC(=O)O)nc2)cc1=O. The molecular weight excluding hydrogens is 407 g/mol. The van der Waals surface area contributed by atoms with E-state index in [1.807, 2.05) is 12.1 Å². The first-order valence-electron chi connectivity index (χ1n) is 8.66. The summed E-state index contributed by atoms with van der Waals surface area (Å²) in [5, 5.41) is 12.8. The molecule has 0 aliphatic heterocycles. The van der Waals surface area contributed by atoms with Crippen molar-refractivity contribution in [1.29, 1.82) is 0 Å². The van der Waals surface area contributed by atoms with Gasteiger partial charge in [-0.1, -0.05) is 11.3 Å². The third kappa shape index (κ3) is 8.43. The molecule has 0 amide bonds. The number of carboxylic acids is 1. The Bertz CT molecular complexity index is 896. The molecule has 8 nitrogen and oxygen atoms in total. The minimum atomic E-state index is -4.41. The van der Waals surface area contributed by atoms with Gasteiger partial charge < -0.3 is 19.1 Å². The third-order valence-electron chi connectivity index (χ3n) is 3.75. The molecule has 0 fully saturated rings. The van der Waals surface area contributed by atoms with Crippen molar-refractivity contribution >= 4 is 5.97 Å². The van der Waals surface area contributed by atoms with Crippen LogP contribution in [-0.2, 0) is 27.4 Å². The second-order valence-electron chi connectivity index (χ2n) is 5.89. The van der Waals surface area contributed by atoms with Crippen molar-refractivity contribution < 1.29 is 37.2 Å². The van der Waals surface area contributed by atoms with Crippen molar-refractivity contribution in [2.24, 2.45) is 0 Å². The summed E-state index contributed by atoms with van der Waals surface area (Å²) < 4.78 is 45.6. The molecule has 0 radical (unpaired) electrons. The number of rotatable bonds is 8. The maximum atomic E-state index is 12.0. The number of carboxylic acid groups (broad SMARTS) is 1. The van der Waals surface area contributed by atoms with Crippen LogP contribution in [0.15, 0.2) is 53.9 Å². The molecule has 1 N–H and O–H groups in total. The topological polar surface area (TPSA) is 94.5 Å². The van der Waals surface area contributed by atoms with E-state index in [2.05, 4.69) is 16.4 Å². The number of alkyl halides is 3. The van der Waals surface area contributed by atoms with Crippen LogP contribution >= 0.6 is 0 Å². The number of nitrogens with zero attached hydrogens (tertiary/aromatic N) is 3. The highest BCUT2D eigenvalue weighted by Crippen LogP contribution is 2.23. The highest BCUT2D eigenvalue weighted by molar-refractivity contribution is 5.66. The molecule has 0 unspecified atom stereocenters. The van der Waals surface area contributed by atoms with Gasteiger partial charge in [0.1, 0.15) is 12.6 Å². The molecule has 0 spiro atoms. The zero-order valence-electron chi connectivity index (χ0n) is 16.6. The summed E-state index contributed by atoms with van der Waals surface area (Å²) in [6, 6.07) is 5.20. The number of pyridine rings is 1. The van der Waals surface area contributed by atoms with E-state index in [9.17, 15) is 22.8 Å². The van der Waals surface area contributed by atoms with E-state index < -0.39 is 17.9 Å². The minimum absolute atomic E-state index is 0.0204. The predicted octanol–water partition coefficient (Wildman–Crippen LogP) is 2.03. The zero-order valence-corrected chi connectivity index (χ0v) is 16.6. The average molecular weight is 430 g/mol. The number of carbonyl (C=O) groups is 1. The van der Waals surface area contributed by atoms with E-state index in [1.165, 1.54) is 0 Å². The number of hydrogen-bond acceptors (Lipinski definition) is 5. The lowest BCUT2D eigenvalue weighted by molar-refractivity contribution is -0.752. The van der Waals surface area contributed by atoms with E-state index in [0.29, 0.717) is 19.7 Å². The minimum Gasteiger partial charge on any atom is -0.493 e. The van der Waals surface area contributed by atoms with Crippen LogP contribution in [-0.4, -0.2) is 47.7 Å². The molecule has 2 aromatic heterocycles. The van der Waals surface area contributed by atoms with Crippen molar-refractivity contribution in [2.75, 3.05) is 20.8 Å². The van der Waals surface area contributed by atoms with E-state index in [4.69, 9.17) is 9.84 Å². The number of halogens is 3. The Labute approximate surface area is 170 Å². The van der Waals surface area contributed by atoms with Crippen LogP contribution in [0.4, 0.5) is 13.2 Å². The van der Waals surface area contributed by atoms with E-state index in [1.54, 1.807) is 41.0 Å². The smallest absolute Gasteiger partial charge is 0.448 e. The molecular formula is C19H23F3N3O5+. The van der Waals surface area contributed by atoms with Gasteiger partial charge in [-0.25, -0.2) is 0 Å². The number of hydrogen-bond donors (Lipinski definition) is 1. The van der Waals surface area contributed by atoms with Gasteiger partial charge in [-0.05, 0) is 16.7 Å². The number of aliphatic carboxylic acids is 1. The summed E-state index contributed by atoms with van der Waals surface area (Å²) in [6.45, 7) is 3.90. The van der Waals surface area contributed by atoms with Crippen molar-refractivity contribution in [2.45, 2.75) is 25.7 Å². The fourth-order valence-corrected chi connectivity index (χ4v) is 2.07. The summed E-state index contributed by atoms with van der Waals surface area (Å²) in [5.41, 5.74) is 1.48.